The molecular formula is C15H21N3O. The summed E-state index contributed by atoms with van der Waals surface area (Å²) in [5.41, 5.74) is 8.20. The topological polar surface area (TPSA) is 62.3 Å². The van der Waals surface area contributed by atoms with E-state index in [1.54, 1.807) is 13.2 Å². The van der Waals surface area contributed by atoms with Gasteiger partial charge < -0.3 is 15.4 Å². The average molecular weight is 259 g/mol. The van der Waals surface area contributed by atoms with Gasteiger partial charge in [-0.2, -0.15) is 5.26 Å². The summed E-state index contributed by atoms with van der Waals surface area (Å²) < 4.78 is 5.19. The highest BCUT2D eigenvalue weighted by Crippen LogP contribution is 2.38. The second-order valence-electron chi connectivity index (χ2n) is 5.11. The van der Waals surface area contributed by atoms with E-state index in [0.717, 1.165) is 18.2 Å². The van der Waals surface area contributed by atoms with Crippen LogP contribution in [0.25, 0.3) is 0 Å². The van der Waals surface area contributed by atoms with Crippen molar-refractivity contribution >= 4 is 11.4 Å². The van der Waals surface area contributed by atoms with Crippen LogP contribution in [0.1, 0.15) is 25.3 Å². The molecule has 19 heavy (non-hydrogen) atoms. The second kappa shape index (κ2) is 5.94. The van der Waals surface area contributed by atoms with Crippen molar-refractivity contribution < 1.29 is 4.74 Å². The zero-order valence-electron chi connectivity index (χ0n) is 11.6. The lowest BCUT2D eigenvalue weighted by Crippen LogP contribution is -2.37. The first kappa shape index (κ1) is 13.7. The van der Waals surface area contributed by atoms with Gasteiger partial charge in [-0.3, -0.25) is 0 Å². The molecule has 0 heterocycles. The first-order valence-corrected chi connectivity index (χ1v) is 6.73. The molecule has 0 spiro atoms. The van der Waals surface area contributed by atoms with E-state index < -0.39 is 0 Å². The van der Waals surface area contributed by atoms with Gasteiger partial charge in [-0.1, -0.05) is 6.07 Å². The molecule has 4 heteroatoms. The van der Waals surface area contributed by atoms with Crippen LogP contribution in [0.15, 0.2) is 18.2 Å². The van der Waals surface area contributed by atoms with Crippen molar-refractivity contribution in [2.75, 3.05) is 30.9 Å². The van der Waals surface area contributed by atoms with Gasteiger partial charge in [0.2, 0.25) is 0 Å². The minimum atomic E-state index is 0.436. The van der Waals surface area contributed by atoms with Crippen molar-refractivity contribution in [3.63, 3.8) is 0 Å². The van der Waals surface area contributed by atoms with Crippen molar-refractivity contribution in [1.29, 1.82) is 5.26 Å². The first-order valence-electron chi connectivity index (χ1n) is 6.73. The number of nitrogens with zero attached hydrogens (tertiary/aromatic N) is 2. The number of nitrogen functional groups attached to an aromatic ring is 1. The van der Waals surface area contributed by atoms with Gasteiger partial charge in [-0.15, -0.1) is 0 Å². The molecule has 102 valence electrons. The summed E-state index contributed by atoms with van der Waals surface area (Å²) in [7, 11) is 1.70. The second-order valence-corrected chi connectivity index (χ2v) is 5.11. The van der Waals surface area contributed by atoms with Gasteiger partial charge in [-0.05, 0) is 37.8 Å². The fourth-order valence-electron chi connectivity index (χ4n) is 2.47. The van der Waals surface area contributed by atoms with Gasteiger partial charge in [0.1, 0.15) is 6.07 Å². The minimum Gasteiger partial charge on any atom is -0.396 e. The number of anilines is 2. The Hall–Kier alpha value is -1.73. The fraction of sp³-hybridized carbons (Fsp3) is 0.533. The predicted octanol–water partition coefficient (Wildman–Crippen LogP) is 2.39. The highest BCUT2D eigenvalue weighted by atomic mass is 16.5. The fourth-order valence-corrected chi connectivity index (χ4v) is 2.47. The van der Waals surface area contributed by atoms with Crippen LogP contribution in [0.3, 0.4) is 0 Å². The molecule has 0 radical (unpaired) electrons. The first-order chi connectivity index (χ1) is 9.19. The summed E-state index contributed by atoms with van der Waals surface area (Å²) >= 11 is 0. The summed E-state index contributed by atoms with van der Waals surface area (Å²) in [6.07, 6.45) is 2.56. The monoisotopic (exact) mass is 259 g/mol. The molecule has 2 rings (SSSR count). The molecule has 0 amide bonds. The number of nitriles is 1. The summed E-state index contributed by atoms with van der Waals surface area (Å²) in [6.45, 7) is 3.69. The van der Waals surface area contributed by atoms with E-state index in [4.69, 9.17) is 15.7 Å². The van der Waals surface area contributed by atoms with Crippen molar-refractivity contribution in [2.45, 2.75) is 25.8 Å². The third-order valence-electron chi connectivity index (χ3n) is 3.85. The van der Waals surface area contributed by atoms with Gasteiger partial charge in [0.05, 0.1) is 23.5 Å². The highest BCUT2D eigenvalue weighted by Gasteiger charge is 2.32. The van der Waals surface area contributed by atoms with Crippen LogP contribution >= 0.6 is 0 Å². The maximum Gasteiger partial charge on any atom is 0.101 e. The van der Waals surface area contributed by atoms with Crippen LogP contribution in [0.5, 0.6) is 0 Å². The van der Waals surface area contributed by atoms with Gasteiger partial charge >= 0.3 is 0 Å². The third-order valence-corrected chi connectivity index (χ3v) is 3.85. The maximum absolute atomic E-state index is 9.09. The molecule has 1 aromatic carbocycles. The van der Waals surface area contributed by atoms with E-state index in [2.05, 4.69) is 17.9 Å². The Bertz CT molecular complexity index is 477. The largest absolute Gasteiger partial charge is 0.396 e. The molecular weight excluding hydrogens is 238 g/mol. The summed E-state index contributed by atoms with van der Waals surface area (Å²) in [6, 6.07) is 8.23. The zero-order chi connectivity index (χ0) is 13.8. The Kier molecular flexibility index (Phi) is 4.28. The quantitative estimate of drug-likeness (QED) is 0.797. The van der Waals surface area contributed by atoms with Crippen molar-refractivity contribution in [1.82, 2.24) is 0 Å². The SMILES string of the molecule is COCCN(c1cccc(C#N)c1N)C(C)C1CC1. The number of hydrogen-bond acceptors (Lipinski definition) is 4. The molecule has 0 aromatic heterocycles. The van der Waals surface area contributed by atoms with Crippen LogP contribution in [0.2, 0.25) is 0 Å². The van der Waals surface area contributed by atoms with Crippen LogP contribution in [0, 0.1) is 17.2 Å². The van der Waals surface area contributed by atoms with E-state index in [-0.39, 0.29) is 0 Å². The number of ether oxygens (including phenoxy) is 1. The molecule has 1 fully saturated rings. The van der Waals surface area contributed by atoms with E-state index in [9.17, 15) is 0 Å². The number of rotatable bonds is 6. The zero-order valence-corrected chi connectivity index (χ0v) is 11.6. The van der Waals surface area contributed by atoms with Gasteiger partial charge in [0, 0.05) is 19.7 Å². The lowest BCUT2D eigenvalue weighted by atomic mass is 10.1. The molecule has 4 nitrogen and oxygen atoms in total. The molecule has 1 unspecified atom stereocenters. The Morgan fingerprint density at radius 1 is 1.53 bits per heavy atom. The molecule has 0 aliphatic heterocycles. The van der Waals surface area contributed by atoms with Crippen LogP contribution < -0.4 is 10.6 Å². The average Bonchev–Trinajstić information content (AvgIpc) is 3.25. The molecule has 1 saturated carbocycles. The van der Waals surface area contributed by atoms with Gasteiger partial charge in [0.25, 0.3) is 0 Å². The smallest absolute Gasteiger partial charge is 0.101 e. The van der Waals surface area contributed by atoms with Crippen molar-refractivity contribution in [3.8, 4) is 6.07 Å². The maximum atomic E-state index is 9.09. The number of methoxy groups -OCH3 is 1. The van der Waals surface area contributed by atoms with Crippen LogP contribution in [0.4, 0.5) is 11.4 Å². The number of hydrogen-bond donors (Lipinski definition) is 1. The summed E-state index contributed by atoms with van der Waals surface area (Å²) in [5.74, 6) is 0.738. The summed E-state index contributed by atoms with van der Waals surface area (Å²) in [4.78, 5) is 2.28. The standard InChI is InChI=1S/C15H21N3O/c1-11(12-6-7-12)18(8-9-19-2)14-5-3-4-13(10-16)15(14)17/h3-5,11-12H,6-9,17H2,1-2H3. The number of benzene rings is 1. The van der Waals surface area contributed by atoms with Gasteiger partial charge in [0.15, 0.2) is 0 Å². The van der Waals surface area contributed by atoms with E-state index >= 15 is 0 Å². The Labute approximate surface area is 114 Å². The van der Waals surface area contributed by atoms with Gasteiger partial charge in [-0.25, -0.2) is 0 Å². The Morgan fingerprint density at radius 3 is 2.84 bits per heavy atom. The third kappa shape index (κ3) is 2.99. The Morgan fingerprint density at radius 2 is 2.26 bits per heavy atom. The molecule has 1 atom stereocenters. The lowest BCUT2D eigenvalue weighted by molar-refractivity contribution is 0.203. The number of nitrogens with two attached hydrogens (primary N) is 1. The van der Waals surface area contributed by atoms with Crippen LogP contribution in [-0.2, 0) is 4.74 Å². The predicted molar refractivity (Wildman–Crippen MR) is 77.0 cm³/mol. The van der Waals surface area contributed by atoms with Crippen LogP contribution in [-0.4, -0.2) is 26.3 Å². The molecule has 1 aliphatic carbocycles. The molecule has 0 saturated heterocycles. The van der Waals surface area contributed by atoms with E-state index in [0.29, 0.717) is 23.9 Å². The molecule has 1 aliphatic rings. The number of para-hydroxylation sites is 1. The van der Waals surface area contributed by atoms with E-state index in [1.165, 1.54) is 12.8 Å². The lowest BCUT2D eigenvalue weighted by Gasteiger charge is -2.32. The minimum absolute atomic E-state index is 0.436. The van der Waals surface area contributed by atoms with Crippen molar-refractivity contribution in [2.24, 2.45) is 5.92 Å². The van der Waals surface area contributed by atoms with Crippen molar-refractivity contribution in [3.05, 3.63) is 23.8 Å². The summed E-state index contributed by atoms with van der Waals surface area (Å²) in [5, 5.41) is 9.09. The molecule has 1 aromatic rings. The van der Waals surface area contributed by atoms with E-state index in [1.807, 2.05) is 12.1 Å². The highest BCUT2D eigenvalue weighted by molar-refractivity contribution is 5.74. The molecule has 2 N–H and O–H groups in total. The normalized spacial score (nSPS) is 15.8. The Balaban J connectivity index is 2.29. The molecule has 0 bridgehead atoms.